The average molecular weight is 919 g/mol. The minimum Gasteiger partial charge on any atom is -1.00 e. The van der Waals surface area contributed by atoms with Crippen LogP contribution >= 0.6 is 0 Å². The van der Waals surface area contributed by atoms with Crippen LogP contribution in [0.5, 0.6) is 0 Å². The van der Waals surface area contributed by atoms with Gasteiger partial charge in [-0.2, -0.15) is 0 Å². The van der Waals surface area contributed by atoms with Gasteiger partial charge in [0.25, 0.3) is 0 Å². The van der Waals surface area contributed by atoms with Gasteiger partial charge in [-0.15, -0.1) is 92.3 Å². The van der Waals surface area contributed by atoms with E-state index >= 15 is 0 Å². The van der Waals surface area contributed by atoms with E-state index in [1.807, 2.05) is 0 Å². The van der Waals surface area contributed by atoms with Crippen molar-refractivity contribution >= 4 is 53.1 Å². The number of hydrogen-bond donors (Lipinski definition) is 0. The molecule has 8 aromatic carbocycles. The van der Waals surface area contributed by atoms with Gasteiger partial charge in [0.15, 0.2) is 0 Å². The predicted octanol–water partition coefficient (Wildman–Crippen LogP) is 7.80. The zero-order valence-corrected chi connectivity index (χ0v) is 37.0. The van der Waals surface area contributed by atoms with Gasteiger partial charge in [0.1, 0.15) is 0 Å². The second-order valence-electron chi connectivity index (χ2n) is 13.5. The summed E-state index contributed by atoms with van der Waals surface area (Å²) in [4.78, 5) is 0. The van der Waals surface area contributed by atoms with Crippen LogP contribution in [0.25, 0.3) is 65.3 Å². The molecule has 0 saturated carbocycles. The van der Waals surface area contributed by atoms with Gasteiger partial charge < -0.3 is 24.8 Å². The van der Waals surface area contributed by atoms with E-state index < -0.39 is 0 Å². The summed E-state index contributed by atoms with van der Waals surface area (Å²) in [7, 11) is -0.194. The van der Waals surface area contributed by atoms with E-state index in [4.69, 9.17) is 0 Å². The summed E-state index contributed by atoms with van der Waals surface area (Å²) in [6.45, 7) is 9.12. The Hall–Kier alpha value is -2.95. The first kappa shape index (κ1) is 39.8. The summed E-state index contributed by atoms with van der Waals surface area (Å²) >= 11 is 1.52. The molecule has 0 amide bonds. The van der Waals surface area contributed by atoms with Crippen molar-refractivity contribution in [3.8, 4) is 22.3 Å². The Kier molecular flexibility index (Phi) is 14.3. The Morgan fingerprint density at radius 1 is 0.440 bits per heavy atom. The van der Waals surface area contributed by atoms with Crippen LogP contribution in [0.4, 0.5) is 0 Å². The van der Waals surface area contributed by atoms with Crippen molar-refractivity contribution in [1.29, 1.82) is 0 Å². The van der Waals surface area contributed by atoms with Gasteiger partial charge in [0.2, 0.25) is 0 Å². The van der Waals surface area contributed by atoms with Crippen LogP contribution < -0.4 is 24.8 Å². The van der Waals surface area contributed by atoms with E-state index in [1.165, 1.54) is 97.7 Å². The Morgan fingerprint density at radius 3 is 1.10 bits per heavy atom. The van der Waals surface area contributed by atoms with E-state index in [2.05, 4.69) is 185 Å². The van der Waals surface area contributed by atoms with Crippen LogP contribution in [0.3, 0.4) is 0 Å². The van der Waals surface area contributed by atoms with Crippen LogP contribution in [-0.2, 0) is 21.3 Å². The molecule has 0 saturated heterocycles. The van der Waals surface area contributed by atoms with Crippen molar-refractivity contribution < 1.29 is 46.1 Å². The summed E-state index contributed by atoms with van der Waals surface area (Å²) < 4.78 is 0. The third kappa shape index (κ3) is 8.56. The van der Waals surface area contributed by atoms with Crippen molar-refractivity contribution in [3.05, 3.63) is 157 Å². The normalized spacial score (nSPS) is 10.8. The molecule has 0 aromatic heterocycles. The fourth-order valence-electron chi connectivity index (χ4n) is 6.89. The molecule has 0 N–H and O–H groups in total. The molecule has 0 nitrogen and oxygen atoms in total. The molecule has 0 aliphatic rings. The molecule has 50 heavy (non-hydrogen) atoms. The zero-order valence-electron chi connectivity index (χ0n) is 29.8. The third-order valence-electron chi connectivity index (χ3n) is 9.02. The molecule has 0 spiro atoms. The van der Waals surface area contributed by atoms with Crippen LogP contribution in [-0.4, -0.2) is 10.1 Å². The van der Waals surface area contributed by atoms with E-state index in [0.29, 0.717) is 11.8 Å². The summed E-state index contributed by atoms with van der Waals surface area (Å²) in [5.74, 6) is 5.82. The summed E-state index contributed by atoms with van der Waals surface area (Å²) in [6.07, 6.45) is 0. The molecular formula is C46H44Cl2GeHf-2. The minimum absolute atomic E-state index is 0. The maximum Gasteiger partial charge on any atom is -1.00 e. The molecule has 252 valence electrons. The number of halogens is 2. The molecule has 8 aromatic rings. The van der Waals surface area contributed by atoms with Crippen LogP contribution in [0, 0.1) is 0 Å². The van der Waals surface area contributed by atoms with E-state index in [0.717, 1.165) is 0 Å². The molecule has 0 unspecified atom stereocenters. The fraction of sp³-hybridized carbons (Fsp3) is 0.174. The SMILES string of the molecule is CC(C)c1[cH-]c2ccccc2c1-c1cccc2ccccc12.CC(C)c1[cH-]c2ccccc2c1-c1cccc2ccccc12.[CH3][Ge]([CH3])=[Hf+2].[Cl-].[Cl-]. The Bertz CT molecular complexity index is 2180. The number of hydrogen-bond acceptors (Lipinski definition) is 0. The second kappa shape index (κ2) is 18.0. The van der Waals surface area contributed by atoms with Crippen molar-refractivity contribution in [1.82, 2.24) is 0 Å². The van der Waals surface area contributed by atoms with Gasteiger partial charge in [-0.3, -0.25) is 0 Å². The van der Waals surface area contributed by atoms with Crippen molar-refractivity contribution in [2.45, 2.75) is 51.0 Å². The predicted molar refractivity (Wildman–Crippen MR) is 211 cm³/mol. The van der Waals surface area contributed by atoms with Gasteiger partial charge >= 0.3 is 42.8 Å². The van der Waals surface area contributed by atoms with E-state index in [1.54, 1.807) is 0 Å². The first-order valence-electron chi connectivity index (χ1n) is 17.1. The fourth-order valence-corrected chi connectivity index (χ4v) is 6.89. The summed E-state index contributed by atoms with van der Waals surface area (Å²) in [5.41, 5.74) is 8.39. The minimum atomic E-state index is -0.194. The molecule has 0 aliphatic carbocycles. The molecular weight excluding hydrogens is 875 g/mol. The maximum atomic E-state index is 2.40. The molecule has 0 fully saturated rings. The molecule has 0 bridgehead atoms. The van der Waals surface area contributed by atoms with Crippen molar-refractivity contribution in [2.24, 2.45) is 0 Å². The Balaban J connectivity index is 0.000000196. The summed E-state index contributed by atoms with van der Waals surface area (Å²) in [5, 5.41) is 10.7. The number of benzene rings is 6. The first-order valence-corrected chi connectivity index (χ1v) is 31.7. The van der Waals surface area contributed by atoms with Crippen LogP contribution in [0.1, 0.15) is 50.7 Å². The van der Waals surface area contributed by atoms with Gasteiger partial charge in [0, 0.05) is 0 Å². The topological polar surface area (TPSA) is 0 Å². The van der Waals surface area contributed by atoms with E-state index in [-0.39, 0.29) is 34.9 Å². The van der Waals surface area contributed by atoms with Crippen molar-refractivity contribution in [3.63, 3.8) is 0 Å². The smallest absolute Gasteiger partial charge is 1.00 e. The van der Waals surface area contributed by atoms with Gasteiger partial charge in [0.05, 0.1) is 0 Å². The summed E-state index contributed by atoms with van der Waals surface area (Å²) in [6, 6.07) is 52.8. The number of rotatable bonds is 4. The molecule has 0 atom stereocenters. The maximum absolute atomic E-state index is 2.40. The second-order valence-corrected chi connectivity index (χ2v) is 36.4. The quantitative estimate of drug-likeness (QED) is 0.125. The first-order chi connectivity index (χ1) is 23.2. The van der Waals surface area contributed by atoms with Crippen LogP contribution in [0.2, 0.25) is 11.5 Å². The molecule has 4 heteroatoms. The zero-order chi connectivity index (χ0) is 33.8. The Labute approximate surface area is 326 Å². The molecule has 8 rings (SSSR count). The Morgan fingerprint density at radius 2 is 0.740 bits per heavy atom. The van der Waals surface area contributed by atoms with Crippen LogP contribution in [0.15, 0.2) is 146 Å². The van der Waals surface area contributed by atoms with Gasteiger partial charge in [-0.05, 0) is 33.4 Å². The van der Waals surface area contributed by atoms with E-state index in [9.17, 15) is 0 Å². The molecule has 0 radical (unpaired) electrons. The third-order valence-corrected chi connectivity index (χ3v) is 9.02. The average Bonchev–Trinajstić information content (AvgIpc) is 3.68. The molecule has 0 aliphatic heterocycles. The monoisotopic (exact) mass is 920 g/mol. The van der Waals surface area contributed by atoms with Gasteiger partial charge in [-0.1, -0.05) is 136 Å². The van der Waals surface area contributed by atoms with Crippen molar-refractivity contribution in [2.75, 3.05) is 0 Å². The number of fused-ring (bicyclic) bond motifs is 4. The molecule has 0 heterocycles. The largest absolute Gasteiger partial charge is 1.00 e. The standard InChI is InChI=1S/2C22H19.C2H6Ge.2ClH.Hf/c2*1-15(2)21-14-17-9-4-6-12-19(17)22(21)20-13-7-10-16-8-3-5-11-18(16)20;1-3-2;;;/h2*3-15H,1-2H3;1-2H3;2*1H;/q2*-1;;;;+2/p-2. The van der Waals surface area contributed by atoms with Gasteiger partial charge in [-0.25, -0.2) is 0 Å².